The number of benzene rings is 1. The van der Waals surface area contributed by atoms with Crippen molar-refractivity contribution in [2.45, 2.75) is 70.8 Å². The molecule has 4 heteroatoms. The van der Waals surface area contributed by atoms with E-state index in [1.807, 2.05) is 13.0 Å². The fraction of sp³-hybridized carbons (Fsp3) is 0.682. The molecule has 0 spiro atoms. The predicted molar refractivity (Wildman–Crippen MR) is 106 cm³/mol. The van der Waals surface area contributed by atoms with Crippen LogP contribution in [0.1, 0.15) is 63.0 Å². The number of carbonyl (C=O) groups is 1. The summed E-state index contributed by atoms with van der Waals surface area (Å²) in [7, 11) is 0. The van der Waals surface area contributed by atoms with Gasteiger partial charge in [-0.2, -0.15) is 0 Å². The molecule has 144 valence electrons. The molecule has 0 saturated carbocycles. The van der Waals surface area contributed by atoms with Crippen LogP contribution in [-0.2, 0) is 17.6 Å². The van der Waals surface area contributed by atoms with Gasteiger partial charge >= 0.3 is 0 Å². The summed E-state index contributed by atoms with van der Waals surface area (Å²) in [6.45, 7) is 6.08. The average Bonchev–Trinajstić information content (AvgIpc) is 2.93. The Balaban J connectivity index is 1.37. The van der Waals surface area contributed by atoms with Gasteiger partial charge < -0.3 is 15.0 Å². The van der Waals surface area contributed by atoms with Crippen LogP contribution >= 0.6 is 0 Å². The number of nitrogens with zero attached hydrogens (tertiary/aromatic N) is 1. The monoisotopic (exact) mass is 358 g/mol. The van der Waals surface area contributed by atoms with E-state index in [2.05, 4.69) is 22.3 Å². The predicted octanol–water partition coefficient (Wildman–Crippen LogP) is 3.72. The highest BCUT2D eigenvalue weighted by Gasteiger charge is 2.16. The van der Waals surface area contributed by atoms with Crippen LogP contribution in [0, 0.1) is 0 Å². The summed E-state index contributed by atoms with van der Waals surface area (Å²) >= 11 is 0. The zero-order valence-electron chi connectivity index (χ0n) is 16.3. The molecule has 1 amide bonds. The highest BCUT2D eigenvalue weighted by Crippen LogP contribution is 2.25. The zero-order chi connectivity index (χ0) is 18.2. The lowest BCUT2D eigenvalue weighted by molar-refractivity contribution is -0.127. The van der Waals surface area contributed by atoms with Crippen LogP contribution in [-0.4, -0.2) is 43.1 Å². The third kappa shape index (κ3) is 5.73. The van der Waals surface area contributed by atoms with Gasteiger partial charge in [0.15, 0.2) is 6.10 Å². The molecule has 1 atom stereocenters. The summed E-state index contributed by atoms with van der Waals surface area (Å²) in [6.07, 6.45) is 10.8. The lowest BCUT2D eigenvalue weighted by Crippen LogP contribution is -2.38. The van der Waals surface area contributed by atoms with Gasteiger partial charge in [0.2, 0.25) is 0 Å². The van der Waals surface area contributed by atoms with Crippen molar-refractivity contribution in [1.82, 2.24) is 10.2 Å². The van der Waals surface area contributed by atoms with Crippen molar-refractivity contribution in [2.24, 2.45) is 0 Å². The van der Waals surface area contributed by atoms with Crippen LogP contribution in [0.4, 0.5) is 0 Å². The quantitative estimate of drug-likeness (QED) is 0.756. The molecule has 26 heavy (non-hydrogen) atoms. The van der Waals surface area contributed by atoms with Gasteiger partial charge in [0.1, 0.15) is 5.75 Å². The first-order valence-electron chi connectivity index (χ1n) is 10.5. The fourth-order valence-corrected chi connectivity index (χ4v) is 4.06. The first-order chi connectivity index (χ1) is 12.7. The minimum atomic E-state index is -0.449. The number of rotatable bonds is 7. The molecule has 0 aromatic heterocycles. The van der Waals surface area contributed by atoms with E-state index >= 15 is 0 Å². The van der Waals surface area contributed by atoms with E-state index in [0.29, 0.717) is 0 Å². The molecule has 0 radical (unpaired) electrons. The van der Waals surface area contributed by atoms with Crippen molar-refractivity contribution in [1.29, 1.82) is 0 Å². The van der Waals surface area contributed by atoms with E-state index in [-0.39, 0.29) is 5.91 Å². The summed E-state index contributed by atoms with van der Waals surface area (Å²) in [5.41, 5.74) is 2.83. The molecule has 1 saturated heterocycles. The molecule has 1 aliphatic heterocycles. The summed E-state index contributed by atoms with van der Waals surface area (Å²) in [5.74, 6) is 0.802. The number of likely N-dealkylation sites (tertiary alicyclic amines) is 1. The summed E-state index contributed by atoms with van der Waals surface area (Å²) in [5, 5.41) is 3.03. The Kier molecular flexibility index (Phi) is 7.36. The van der Waals surface area contributed by atoms with Gasteiger partial charge in [0.25, 0.3) is 5.91 Å². The normalized spacial score (nSPS) is 19.3. The molecule has 1 aliphatic carbocycles. The second-order valence-electron chi connectivity index (χ2n) is 7.80. The van der Waals surface area contributed by atoms with E-state index in [1.165, 1.54) is 69.2 Å². The van der Waals surface area contributed by atoms with Crippen LogP contribution in [0.15, 0.2) is 18.2 Å². The number of hydrogen-bond acceptors (Lipinski definition) is 3. The summed E-state index contributed by atoms with van der Waals surface area (Å²) < 4.78 is 5.88. The fourth-order valence-electron chi connectivity index (χ4n) is 4.06. The lowest BCUT2D eigenvalue weighted by atomic mass is 9.92. The van der Waals surface area contributed by atoms with Gasteiger partial charge in [-0.05, 0) is 94.8 Å². The molecule has 1 fully saturated rings. The minimum absolute atomic E-state index is 0.0152. The van der Waals surface area contributed by atoms with Gasteiger partial charge in [0.05, 0.1) is 0 Å². The Labute approximate surface area is 158 Å². The number of nitrogens with one attached hydrogen (secondary N) is 1. The van der Waals surface area contributed by atoms with Gasteiger partial charge in [-0.15, -0.1) is 0 Å². The Bertz CT molecular complexity index is 580. The zero-order valence-corrected chi connectivity index (χ0v) is 16.3. The molecule has 1 N–H and O–H groups in total. The standard InChI is InChI=1S/C22H34N2O2/c1-18(26-21-12-11-19-9-4-5-10-20(19)17-21)22(25)23-13-8-16-24-14-6-2-3-7-15-24/h11-12,17-18H,2-10,13-16H2,1H3,(H,23,25)/t18-/m0/s1. The molecule has 1 aromatic carbocycles. The number of carbonyl (C=O) groups excluding carboxylic acids is 1. The number of fused-ring (bicyclic) bond motifs is 1. The largest absolute Gasteiger partial charge is 0.481 e. The van der Waals surface area contributed by atoms with Crippen molar-refractivity contribution in [3.63, 3.8) is 0 Å². The minimum Gasteiger partial charge on any atom is -0.481 e. The number of aryl methyl sites for hydroxylation is 2. The highest BCUT2D eigenvalue weighted by molar-refractivity contribution is 5.80. The maximum Gasteiger partial charge on any atom is 0.260 e. The second-order valence-corrected chi connectivity index (χ2v) is 7.80. The van der Waals surface area contributed by atoms with Crippen LogP contribution < -0.4 is 10.1 Å². The van der Waals surface area contributed by atoms with Crippen molar-refractivity contribution in [2.75, 3.05) is 26.2 Å². The smallest absolute Gasteiger partial charge is 0.260 e. The van der Waals surface area contributed by atoms with E-state index < -0.39 is 6.10 Å². The van der Waals surface area contributed by atoms with Crippen molar-refractivity contribution in [3.05, 3.63) is 29.3 Å². The summed E-state index contributed by atoms with van der Waals surface area (Å²) in [4.78, 5) is 14.8. The SMILES string of the molecule is C[C@H](Oc1ccc2c(c1)CCCC2)C(=O)NCCCN1CCCCCC1. The van der Waals surface area contributed by atoms with Gasteiger partial charge in [-0.1, -0.05) is 18.9 Å². The van der Waals surface area contributed by atoms with E-state index in [4.69, 9.17) is 4.74 Å². The van der Waals surface area contributed by atoms with Crippen LogP contribution in [0.25, 0.3) is 0 Å². The molecule has 0 unspecified atom stereocenters. The average molecular weight is 359 g/mol. The first-order valence-corrected chi connectivity index (χ1v) is 10.5. The van der Waals surface area contributed by atoms with E-state index in [0.717, 1.165) is 31.7 Å². The van der Waals surface area contributed by atoms with Crippen molar-refractivity contribution in [3.8, 4) is 5.75 Å². The maximum atomic E-state index is 12.3. The molecule has 4 nitrogen and oxygen atoms in total. The van der Waals surface area contributed by atoms with Gasteiger partial charge in [-0.25, -0.2) is 0 Å². The lowest BCUT2D eigenvalue weighted by Gasteiger charge is -2.20. The first kappa shape index (κ1) is 19.2. The molecule has 0 bridgehead atoms. The van der Waals surface area contributed by atoms with Gasteiger partial charge in [0, 0.05) is 6.54 Å². The third-order valence-electron chi connectivity index (χ3n) is 5.65. The molecule has 3 rings (SSSR count). The molecular weight excluding hydrogens is 324 g/mol. The molecule has 1 heterocycles. The molecule has 1 aromatic rings. The van der Waals surface area contributed by atoms with E-state index in [1.54, 1.807) is 0 Å². The maximum absolute atomic E-state index is 12.3. The number of amides is 1. The molecular formula is C22H34N2O2. The van der Waals surface area contributed by atoms with Crippen LogP contribution in [0.2, 0.25) is 0 Å². The second kappa shape index (κ2) is 9.96. The highest BCUT2D eigenvalue weighted by atomic mass is 16.5. The Morgan fingerprint density at radius 3 is 2.58 bits per heavy atom. The Hall–Kier alpha value is -1.55. The van der Waals surface area contributed by atoms with Crippen molar-refractivity contribution < 1.29 is 9.53 Å². The molecule has 2 aliphatic rings. The van der Waals surface area contributed by atoms with E-state index in [9.17, 15) is 4.79 Å². The van der Waals surface area contributed by atoms with Crippen molar-refractivity contribution >= 4 is 5.91 Å². The number of hydrogen-bond donors (Lipinski definition) is 1. The third-order valence-corrected chi connectivity index (χ3v) is 5.65. The Morgan fingerprint density at radius 1 is 1.08 bits per heavy atom. The number of ether oxygens (including phenoxy) is 1. The topological polar surface area (TPSA) is 41.6 Å². The Morgan fingerprint density at radius 2 is 1.81 bits per heavy atom. The van der Waals surface area contributed by atoms with Gasteiger partial charge in [-0.3, -0.25) is 4.79 Å². The summed E-state index contributed by atoms with van der Waals surface area (Å²) in [6, 6.07) is 6.29. The van der Waals surface area contributed by atoms with Crippen LogP contribution in [0.5, 0.6) is 5.75 Å². The van der Waals surface area contributed by atoms with Crippen LogP contribution in [0.3, 0.4) is 0 Å².